The zero-order valence-corrected chi connectivity index (χ0v) is 11.2. The second-order valence-corrected chi connectivity index (χ2v) is 4.62. The van der Waals surface area contributed by atoms with Crippen LogP contribution >= 0.6 is 0 Å². The first-order chi connectivity index (χ1) is 9.19. The van der Waals surface area contributed by atoms with E-state index in [-0.39, 0.29) is 0 Å². The van der Waals surface area contributed by atoms with E-state index in [2.05, 4.69) is 17.0 Å². The summed E-state index contributed by atoms with van der Waals surface area (Å²) in [7, 11) is 0. The molecule has 0 aliphatic carbocycles. The number of benzene rings is 1. The summed E-state index contributed by atoms with van der Waals surface area (Å²) in [4.78, 5) is 14.6. The number of carbonyl (C=O) groups is 1. The van der Waals surface area contributed by atoms with Crippen LogP contribution in [0, 0.1) is 0 Å². The lowest BCUT2D eigenvalue weighted by Crippen LogP contribution is -2.47. The van der Waals surface area contributed by atoms with Crippen molar-refractivity contribution in [3.8, 4) is 5.75 Å². The van der Waals surface area contributed by atoms with Gasteiger partial charge in [-0.2, -0.15) is 0 Å². The molecule has 1 aromatic carbocycles. The number of amides is 1. The Bertz CT molecular complexity index is 411. The Balaban J connectivity index is 1.83. The van der Waals surface area contributed by atoms with Crippen molar-refractivity contribution < 1.29 is 14.6 Å². The van der Waals surface area contributed by atoms with Gasteiger partial charge in [-0.25, -0.2) is 4.79 Å². The van der Waals surface area contributed by atoms with Gasteiger partial charge in [0, 0.05) is 32.7 Å². The minimum absolute atomic E-state index is 0.590. The smallest absolute Gasteiger partial charge is 0.407 e. The molecule has 1 heterocycles. The van der Waals surface area contributed by atoms with Gasteiger partial charge in [-0.05, 0) is 24.6 Å². The highest BCUT2D eigenvalue weighted by Crippen LogP contribution is 2.14. The Kier molecular flexibility index (Phi) is 4.63. The minimum Gasteiger partial charge on any atom is -0.494 e. The molecule has 0 saturated carbocycles. The van der Waals surface area contributed by atoms with Gasteiger partial charge in [-0.1, -0.05) is 12.1 Å². The Morgan fingerprint density at radius 1 is 1.21 bits per heavy atom. The molecule has 1 aliphatic rings. The van der Waals surface area contributed by atoms with Gasteiger partial charge in [0.05, 0.1) is 6.61 Å². The second kappa shape index (κ2) is 6.43. The fraction of sp³-hybridized carbons (Fsp3) is 0.500. The molecule has 2 rings (SSSR count). The van der Waals surface area contributed by atoms with Crippen LogP contribution < -0.4 is 4.74 Å². The van der Waals surface area contributed by atoms with Crippen LogP contribution in [-0.2, 0) is 6.54 Å². The number of piperazine rings is 1. The highest BCUT2D eigenvalue weighted by Gasteiger charge is 2.20. The van der Waals surface area contributed by atoms with Crippen LogP contribution in [0.2, 0.25) is 0 Å². The molecule has 0 spiro atoms. The van der Waals surface area contributed by atoms with Crippen molar-refractivity contribution >= 4 is 6.09 Å². The molecular formula is C14H20N2O3. The van der Waals surface area contributed by atoms with Crippen molar-refractivity contribution in [3.63, 3.8) is 0 Å². The van der Waals surface area contributed by atoms with E-state index in [0.717, 1.165) is 25.4 Å². The summed E-state index contributed by atoms with van der Waals surface area (Å²) in [5.41, 5.74) is 1.23. The highest BCUT2D eigenvalue weighted by molar-refractivity contribution is 5.65. The standard InChI is InChI=1S/C14H20N2O3/c1-2-19-13-5-3-12(4-6-13)11-15-7-9-16(10-8-15)14(17)18/h3-6H,2,7-11H2,1H3,(H,17,18). The normalized spacial score (nSPS) is 16.4. The SMILES string of the molecule is CCOc1ccc(CN2CCN(C(=O)O)CC2)cc1. The molecule has 1 fully saturated rings. The van der Waals surface area contributed by atoms with Gasteiger partial charge in [0.15, 0.2) is 0 Å². The molecule has 0 radical (unpaired) electrons. The van der Waals surface area contributed by atoms with Crippen molar-refractivity contribution in [1.82, 2.24) is 9.80 Å². The van der Waals surface area contributed by atoms with Gasteiger partial charge in [0.1, 0.15) is 5.75 Å². The van der Waals surface area contributed by atoms with E-state index < -0.39 is 6.09 Å². The molecule has 5 heteroatoms. The quantitative estimate of drug-likeness (QED) is 0.902. The first kappa shape index (κ1) is 13.7. The molecule has 0 unspecified atom stereocenters. The van der Waals surface area contributed by atoms with Crippen molar-refractivity contribution in [1.29, 1.82) is 0 Å². The zero-order valence-electron chi connectivity index (χ0n) is 11.2. The van der Waals surface area contributed by atoms with E-state index in [1.54, 1.807) is 0 Å². The zero-order chi connectivity index (χ0) is 13.7. The first-order valence-corrected chi connectivity index (χ1v) is 6.61. The molecule has 5 nitrogen and oxygen atoms in total. The number of nitrogens with zero attached hydrogens (tertiary/aromatic N) is 2. The molecule has 1 aromatic rings. The first-order valence-electron chi connectivity index (χ1n) is 6.61. The molecule has 0 bridgehead atoms. The van der Waals surface area contributed by atoms with Gasteiger partial charge < -0.3 is 14.7 Å². The third kappa shape index (κ3) is 3.86. The topological polar surface area (TPSA) is 53.0 Å². The highest BCUT2D eigenvalue weighted by atomic mass is 16.5. The van der Waals surface area contributed by atoms with E-state index in [1.807, 2.05) is 19.1 Å². The molecule has 1 saturated heterocycles. The lowest BCUT2D eigenvalue weighted by atomic mass is 10.2. The predicted octanol–water partition coefficient (Wildman–Crippen LogP) is 1.88. The fourth-order valence-electron chi connectivity index (χ4n) is 2.21. The number of hydrogen-bond acceptors (Lipinski definition) is 3. The summed E-state index contributed by atoms with van der Waals surface area (Å²) >= 11 is 0. The Hall–Kier alpha value is -1.75. The number of carboxylic acid groups (broad SMARTS) is 1. The molecule has 0 atom stereocenters. The second-order valence-electron chi connectivity index (χ2n) is 4.62. The Morgan fingerprint density at radius 2 is 1.84 bits per heavy atom. The number of rotatable bonds is 4. The van der Waals surface area contributed by atoms with E-state index >= 15 is 0 Å². The van der Waals surface area contributed by atoms with Gasteiger partial charge in [-0.15, -0.1) is 0 Å². The monoisotopic (exact) mass is 264 g/mol. The summed E-state index contributed by atoms with van der Waals surface area (Å²) in [6, 6.07) is 8.09. The summed E-state index contributed by atoms with van der Waals surface area (Å²) in [5.74, 6) is 0.891. The third-order valence-electron chi connectivity index (χ3n) is 3.28. The van der Waals surface area contributed by atoms with E-state index in [0.29, 0.717) is 19.7 Å². The molecule has 1 aliphatic heterocycles. The van der Waals surface area contributed by atoms with Crippen LogP contribution in [0.25, 0.3) is 0 Å². The van der Waals surface area contributed by atoms with Crippen LogP contribution in [0.4, 0.5) is 4.79 Å². The molecule has 1 amide bonds. The Morgan fingerprint density at radius 3 is 2.37 bits per heavy atom. The van der Waals surface area contributed by atoms with Crippen LogP contribution in [0.5, 0.6) is 5.75 Å². The van der Waals surface area contributed by atoms with Crippen LogP contribution in [0.15, 0.2) is 24.3 Å². The van der Waals surface area contributed by atoms with Crippen LogP contribution in [-0.4, -0.2) is 53.8 Å². The number of ether oxygens (including phenoxy) is 1. The van der Waals surface area contributed by atoms with Crippen molar-refractivity contribution in [2.75, 3.05) is 32.8 Å². The van der Waals surface area contributed by atoms with E-state index in [9.17, 15) is 4.79 Å². The van der Waals surface area contributed by atoms with Crippen LogP contribution in [0.1, 0.15) is 12.5 Å². The number of hydrogen-bond donors (Lipinski definition) is 1. The van der Waals surface area contributed by atoms with Gasteiger partial charge >= 0.3 is 6.09 Å². The largest absolute Gasteiger partial charge is 0.494 e. The molecule has 1 N–H and O–H groups in total. The lowest BCUT2D eigenvalue weighted by Gasteiger charge is -2.33. The van der Waals surface area contributed by atoms with Gasteiger partial charge in [0.25, 0.3) is 0 Å². The van der Waals surface area contributed by atoms with Gasteiger partial charge in [-0.3, -0.25) is 4.90 Å². The maximum absolute atomic E-state index is 10.8. The van der Waals surface area contributed by atoms with Crippen molar-refractivity contribution in [3.05, 3.63) is 29.8 Å². The maximum atomic E-state index is 10.8. The average Bonchev–Trinajstić information content (AvgIpc) is 2.42. The van der Waals surface area contributed by atoms with Crippen molar-refractivity contribution in [2.45, 2.75) is 13.5 Å². The predicted molar refractivity (Wildman–Crippen MR) is 72.5 cm³/mol. The van der Waals surface area contributed by atoms with Crippen molar-refractivity contribution in [2.24, 2.45) is 0 Å². The van der Waals surface area contributed by atoms with E-state index in [1.165, 1.54) is 10.5 Å². The summed E-state index contributed by atoms with van der Waals surface area (Å²) in [6.45, 7) is 6.27. The van der Waals surface area contributed by atoms with Gasteiger partial charge in [0.2, 0.25) is 0 Å². The Labute approximate surface area is 113 Å². The fourth-order valence-corrected chi connectivity index (χ4v) is 2.21. The summed E-state index contributed by atoms with van der Waals surface area (Å²) in [6.07, 6.45) is -0.819. The maximum Gasteiger partial charge on any atom is 0.407 e. The molecule has 0 aromatic heterocycles. The molecule has 104 valence electrons. The summed E-state index contributed by atoms with van der Waals surface area (Å²) < 4.78 is 5.41. The lowest BCUT2D eigenvalue weighted by molar-refractivity contribution is 0.103. The van der Waals surface area contributed by atoms with Crippen LogP contribution in [0.3, 0.4) is 0 Å². The van der Waals surface area contributed by atoms with E-state index in [4.69, 9.17) is 9.84 Å². The molecular weight excluding hydrogens is 244 g/mol. The molecule has 19 heavy (non-hydrogen) atoms. The average molecular weight is 264 g/mol. The minimum atomic E-state index is -0.819. The summed E-state index contributed by atoms with van der Waals surface area (Å²) in [5, 5.41) is 8.89. The third-order valence-corrected chi connectivity index (χ3v) is 3.28.